The minimum absolute atomic E-state index is 0.114. The summed E-state index contributed by atoms with van der Waals surface area (Å²) in [4.78, 5) is 1.45. The molecule has 0 aliphatic carbocycles. The van der Waals surface area contributed by atoms with Crippen molar-refractivity contribution in [2.45, 2.75) is 12.8 Å². The molecule has 0 bridgehead atoms. The molecule has 70 valence electrons. The number of hydrogen-bond acceptors (Lipinski definition) is 2. The molecular formula is C8H13F2NO. The first-order valence-corrected chi connectivity index (χ1v) is 3.75. The van der Waals surface area contributed by atoms with Crippen molar-refractivity contribution in [3.8, 4) is 12.3 Å². The molecule has 0 unspecified atom stereocenters. The zero-order chi connectivity index (χ0) is 9.40. The van der Waals surface area contributed by atoms with Gasteiger partial charge in [0.15, 0.2) is 0 Å². The van der Waals surface area contributed by atoms with Crippen molar-refractivity contribution in [1.29, 1.82) is 0 Å². The van der Waals surface area contributed by atoms with Crippen LogP contribution in [0, 0.1) is 12.3 Å². The number of rotatable bonds is 6. The molecule has 12 heavy (non-hydrogen) atoms. The number of halogens is 2. The highest BCUT2D eigenvalue weighted by Gasteiger charge is 2.09. The molecule has 0 aliphatic heterocycles. The van der Waals surface area contributed by atoms with E-state index >= 15 is 0 Å². The normalized spacial score (nSPS) is 10.7. The number of alkyl halides is 2. The Hall–Kier alpha value is -0.660. The molecule has 0 amide bonds. The highest BCUT2D eigenvalue weighted by molar-refractivity contribution is 4.84. The van der Waals surface area contributed by atoms with E-state index in [0.717, 1.165) is 0 Å². The van der Waals surface area contributed by atoms with E-state index in [-0.39, 0.29) is 19.7 Å². The molecule has 0 aromatic rings. The van der Waals surface area contributed by atoms with Crippen LogP contribution in [0.2, 0.25) is 0 Å². The molecule has 4 heteroatoms. The second-order valence-corrected chi connectivity index (χ2v) is 2.37. The fraction of sp³-hybridized carbons (Fsp3) is 0.750. The van der Waals surface area contributed by atoms with Crippen LogP contribution < -0.4 is 0 Å². The SMILES string of the molecule is C#CCCN(CCO)CC(F)F. The third-order valence-electron chi connectivity index (χ3n) is 1.38. The second kappa shape index (κ2) is 7.01. The van der Waals surface area contributed by atoms with E-state index in [1.165, 1.54) is 4.90 Å². The lowest BCUT2D eigenvalue weighted by atomic mass is 10.4. The van der Waals surface area contributed by atoms with Crippen LogP contribution in [0.1, 0.15) is 6.42 Å². The quantitative estimate of drug-likeness (QED) is 0.599. The minimum atomic E-state index is -2.37. The molecule has 2 nitrogen and oxygen atoms in total. The summed E-state index contributed by atoms with van der Waals surface area (Å²) in [5.41, 5.74) is 0. The molecule has 0 fully saturated rings. The average molecular weight is 177 g/mol. The molecular weight excluding hydrogens is 164 g/mol. The summed E-state index contributed by atoms with van der Waals surface area (Å²) < 4.78 is 23.7. The van der Waals surface area contributed by atoms with E-state index in [9.17, 15) is 8.78 Å². The molecule has 1 N–H and O–H groups in total. The standard InChI is InChI=1S/C8H13F2NO/c1-2-3-4-11(5-6-12)7-8(9)10/h1,8,12H,3-7H2. The van der Waals surface area contributed by atoms with Crippen LogP contribution in [0.15, 0.2) is 0 Å². The maximum absolute atomic E-state index is 11.9. The van der Waals surface area contributed by atoms with Crippen LogP contribution in [-0.2, 0) is 0 Å². The third kappa shape index (κ3) is 6.08. The van der Waals surface area contributed by atoms with Crippen LogP contribution in [-0.4, -0.2) is 42.7 Å². The van der Waals surface area contributed by atoms with Gasteiger partial charge in [-0.2, -0.15) is 0 Å². The summed E-state index contributed by atoms with van der Waals surface area (Å²) in [5, 5.41) is 8.51. The predicted molar refractivity (Wildman–Crippen MR) is 43.0 cm³/mol. The molecule has 0 heterocycles. The second-order valence-electron chi connectivity index (χ2n) is 2.37. The lowest BCUT2D eigenvalue weighted by Gasteiger charge is -2.18. The van der Waals surface area contributed by atoms with Crippen molar-refractivity contribution in [3.63, 3.8) is 0 Å². The van der Waals surface area contributed by atoms with Gasteiger partial charge in [-0.15, -0.1) is 12.3 Å². The van der Waals surface area contributed by atoms with Crippen LogP contribution in [0.3, 0.4) is 0 Å². The van der Waals surface area contributed by atoms with E-state index in [1.807, 2.05) is 0 Å². The van der Waals surface area contributed by atoms with E-state index in [2.05, 4.69) is 5.92 Å². The van der Waals surface area contributed by atoms with Crippen molar-refractivity contribution >= 4 is 0 Å². The number of nitrogens with zero attached hydrogens (tertiary/aromatic N) is 1. The maximum atomic E-state index is 11.9. The molecule has 0 spiro atoms. The van der Waals surface area contributed by atoms with Crippen LogP contribution >= 0.6 is 0 Å². The summed E-state index contributed by atoms with van der Waals surface area (Å²) in [7, 11) is 0. The van der Waals surface area contributed by atoms with E-state index in [1.54, 1.807) is 0 Å². The molecule has 0 saturated carbocycles. The Labute approximate surface area is 71.2 Å². The Morgan fingerprint density at radius 1 is 1.42 bits per heavy atom. The van der Waals surface area contributed by atoms with Gasteiger partial charge in [0, 0.05) is 19.5 Å². The average Bonchev–Trinajstić information content (AvgIpc) is 2.00. The summed E-state index contributed by atoms with van der Waals surface area (Å²) in [6.45, 7) is 0.243. The Bertz CT molecular complexity index is 144. The van der Waals surface area contributed by atoms with Gasteiger partial charge in [-0.3, -0.25) is 4.90 Å². The van der Waals surface area contributed by atoms with Gasteiger partial charge in [0.2, 0.25) is 0 Å². The third-order valence-corrected chi connectivity index (χ3v) is 1.38. The molecule has 0 rings (SSSR count). The van der Waals surface area contributed by atoms with E-state index in [4.69, 9.17) is 11.5 Å². The first-order valence-electron chi connectivity index (χ1n) is 3.75. The highest BCUT2D eigenvalue weighted by Crippen LogP contribution is 1.98. The first-order chi connectivity index (χ1) is 5.70. The monoisotopic (exact) mass is 177 g/mol. The van der Waals surface area contributed by atoms with Gasteiger partial charge >= 0.3 is 0 Å². The van der Waals surface area contributed by atoms with Crippen molar-refractivity contribution in [1.82, 2.24) is 4.90 Å². The summed E-state index contributed by atoms with van der Waals surface area (Å²) in [6.07, 6.45) is 3.05. The van der Waals surface area contributed by atoms with Gasteiger partial charge < -0.3 is 5.11 Å². The molecule has 0 radical (unpaired) electrons. The van der Waals surface area contributed by atoms with Gasteiger partial charge in [-0.25, -0.2) is 8.78 Å². The number of hydrogen-bond donors (Lipinski definition) is 1. The maximum Gasteiger partial charge on any atom is 0.251 e. The Kier molecular flexibility index (Phi) is 6.63. The zero-order valence-corrected chi connectivity index (χ0v) is 6.84. The Morgan fingerprint density at radius 3 is 2.50 bits per heavy atom. The van der Waals surface area contributed by atoms with Gasteiger partial charge in [-0.1, -0.05) is 0 Å². The molecule has 0 atom stereocenters. The fourth-order valence-corrected chi connectivity index (χ4v) is 0.854. The Balaban J connectivity index is 3.63. The van der Waals surface area contributed by atoms with Crippen LogP contribution in [0.4, 0.5) is 8.78 Å². The summed E-state index contributed by atoms with van der Waals surface area (Å²) >= 11 is 0. The Morgan fingerprint density at radius 2 is 2.08 bits per heavy atom. The zero-order valence-electron chi connectivity index (χ0n) is 6.84. The lowest BCUT2D eigenvalue weighted by molar-refractivity contribution is 0.0796. The summed E-state index contributed by atoms with van der Waals surface area (Å²) in [6, 6.07) is 0. The summed E-state index contributed by atoms with van der Waals surface area (Å²) in [5.74, 6) is 2.36. The van der Waals surface area contributed by atoms with Gasteiger partial charge in [0.05, 0.1) is 13.2 Å². The molecule has 0 aromatic carbocycles. The lowest BCUT2D eigenvalue weighted by Crippen LogP contribution is -2.32. The highest BCUT2D eigenvalue weighted by atomic mass is 19.3. The van der Waals surface area contributed by atoms with Crippen LogP contribution in [0.5, 0.6) is 0 Å². The molecule has 0 aromatic heterocycles. The van der Waals surface area contributed by atoms with Crippen molar-refractivity contribution in [2.24, 2.45) is 0 Å². The van der Waals surface area contributed by atoms with E-state index in [0.29, 0.717) is 13.0 Å². The topological polar surface area (TPSA) is 23.5 Å². The van der Waals surface area contributed by atoms with Gasteiger partial charge in [0.25, 0.3) is 6.43 Å². The van der Waals surface area contributed by atoms with E-state index < -0.39 is 6.43 Å². The number of aliphatic hydroxyl groups excluding tert-OH is 1. The van der Waals surface area contributed by atoms with Gasteiger partial charge in [0.1, 0.15) is 0 Å². The number of aliphatic hydroxyl groups is 1. The largest absolute Gasteiger partial charge is 0.395 e. The first kappa shape index (κ1) is 11.3. The minimum Gasteiger partial charge on any atom is -0.395 e. The molecule has 0 aliphatic rings. The predicted octanol–water partition coefficient (Wildman–Crippen LogP) is 0.569. The van der Waals surface area contributed by atoms with Crippen molar-refractivity contribution in [3.05, 3.63) is 0 Å². The number of terminal acetylenes is 1. The molecule has 0 saturated heterocycles. The van der Waals surface area contributed by atoms with Crippen molar-refractivity contribution < 1.29 is 13.9 Å². The smallest absolute Gasteiger partial charge is 0.251 e. The van der Waals surface area contributed by atoms with Gasteiger partial charge in [-0.05, 0) is 0 Å². The van der Waals surface area contributed by atoms with Crippen molar-refractivity contribution in [2.75, 3.05) is 26.2 Å². The fourth-order valence-electron chi connectivity index (χ4n) is 0.854. The van der Waals surface area contributed by atoms with Crippen LogP contribution in [0.25, 0.3) is 0 Å².